The Labute approximate surface area is 308 Å². The summed E-state index contributed by atoms with van der Waals surface area (Å²) >= 11 is 0. The maximum absolute atomic E-state index is 2.50. The molecule has 0 radical (unpaired) electrons. The van der Waals surface area contributed by atoms with Gasteiger partial charge >= 0.3 is 0 Å². The molecule has 1 aliphatic carbocycles. The molecule has 0 amide bonds. The van der Waals surface area contributed by atoms with Crippen LogP contribution >= 0.6 is 0 Å². The predicted octanol–water partition coefficient (Wildman–Crippen LogP) is 13.8. The molecule has 0 spiro atoms. The second kappa shape index (κ2) is 11.2. The van der Waals surface area contributed by atoms with E-state index < -0.39 is 0 Å². The molecule has 2 heteroatoms. The van der Waals surface area contributed by atoms with Crippen molar-refractivity contribution in [2.75, 3.05) is 0 Å². The number of rotatable bonds is 2. The third-order valence-corrected chi connectivity index (χ3v) is 11.8. The van der Waals surface area contributed by atoms with E-state index in [1.165, 1.54) is 116 Å². The van der Waals surface area contributed by atoms with Gasteiger partial charge in [0.2, 0.25) is 0 Å². The molecule has 2 nitrogen and oxygen atoms in total. The molecule has 0 saturated heterocycles. The van der Waals surface area contributed by atoms with Crippen LogP contribution < -0.4 is 0 Å². The molecule has 0 unspecified atom stereocenters. The number of nitrogens with zero attached hydrogens (tertiary/aromatic N) is 2. The molecule has 0 atom stereocenters. The Morgan fingerprint density at radius 1 is 0.321 bits per heavy atom. The van der Waals surface area contributed by atoms with E-state index in [0.29, 0.717) is 0 Å². The Balaban J connectivity index is 1.21. The standard InChI is InChI=1S/C51H36N2/c1-31-24-26-42-37-16-6-4-14-35(37)36-15-5-7-17-38(36)43-28-32(2)50(30-45(43)51(42)33(31)3)53-48-23-13-10-20-41(48)44-29-34(25-27-49(44)53)52-46-21-11-8-18-39(46)40-19-9-12-22-47(40)52/h4-30H,1-3H3. The van der Waals surface area contributed by atoms with Crippen molar-refractivity contribution in [2.45, 2.75) is 20.8 Å². The summed E-state index contributed by atoms with van der Waals surface area (Å²) in [6.07, 6.45) is 0. The maximum atomic E-state index is 2.50. The van der Waals surface area contributed by atoms with Crippen molar-refractivity contribution in [1.82, 2.24) is 9.13 Å². The molecule has 10 aromatic rings. The van der Waals surface area contributed by atoms with E-state index >= 15 is 0 Å². The fraction of sp³-hybridized carbons (Fsp3) is 0.0588. The van der Waals surface area contributed by atoms with E-state index in [-0.39, 0.29) is 0 Å². The van der Waals surface area contributed by atoms with Crippen LogP contribution in [0.4, 0.5) is 0 Å². The molecule has 8 aromatic carbocycles. The van der Waals surface area contributed by atoms with Crippen molar-refractivity contribution in [3.8, 4) is 55.9 Å². The molecule has 1 aliphatic rings. The summed E-state index contributed by atoms with van der Waals surface area (Å²) in [5.41, 5.74) is 21.4. The lowest BCUT2D eigenvalue weighted by atomic mass is 9.78. The molecule has 0 fully saturated rings. The van der Waals surface area contributed by atoms with E-state index in [2.05, 4.69) is 194 Å². The Bertz CT molecular complexity index is 3100. The van der Waals surface area contributed by atoms with Crippen molar-refractivity contribution in [2.24, 2.45) is 0 Å². The summed E-state index contributed by atoms with van der Waals surface area (Å²) in [7, 11) is 0. The van der Waals surface area contributed by atoms with Gasteiger partial charge in [-0.1, -0.05) is 115 Å². The van der Waals surface area contributed by atoms with Gasteiger partial charge in [0.05, 0.1) is 22.1 Å². The van der Waals surface area contributed by atoms with E-state index in [9.17, 15) is 0 Å². The van der Waals surface area contributed by atoms with Crippen molar-refractivity contribution in [1.29, 1.82) is 0 Å². The van der Waals surface area contributed by atoms with Gasteiger partial charge in [0.25, 0.3) is 0 Å². The second-order valence-electron chi connectivity index (χ2n) is 14.6. The summed E-state index contributed by atoms with van der Waals surface area (Å²) in [6.45, 7) is 6.82. The molecule has 53 heavy (non-hydrogen) atoms. The molecule has 0 aliphatic heterocycles. The highest BCUT2D eigenvalue weighted by atomic mass is 15.0. The Morgan fingerprint density at radius 3 is 1.43 bits per heavy atom. The van der Waals surface area contributed by atoms with E-state index in [1.807, 2.05) is 0 Å². The van der Waals surface area contributed by atoms with Gasteiger partial charge in [0.15, 0.2) is 0 Å². The van der Waals surface area contributed by atoms with Crippen LogP contribution in [0.15, 0.2) is 164 Å². The summed E-state index contributed by atoms with van der Waals surface area (Å²) in [4.78, 5) is 0. The smallest absolute Gasteiger partial charge is 0.0542 e. The molecule has 2 heterocycles. The number of hydrogen-bond donors (Lipinski definition) is 0. The van der Waals surface area contributed by atoms with Crippen LogP contribution in [-0.2, 0) is 0 Å². The van der Waals surface area contributed by atoms with Crippen LogP contribution in [0.1, 0.15) is 16.7 Å². The van der Waals surface area contributed by atoms with Gasteiger partial charge in [0.1, 0.15) is 0 Å². The van der Waals surface area contributed by atoms with Gasteiger partial charge < -0.3 is 9.13 Å². The monoisotopic (exact) mass is 676 g/mol. The molecule has 2 aromatic heterocycles. The summed E-state index contributed by atoms with van der Waals surface area (Å²) in [5, 5.41) is 5.05. The van der Waals surface area contributed by atoms with Gasteiger partial charge in [-0.25, -0.2) is 0 Å². The topological polar surface area (TPSA) is 9.86 Å². The maximum Gasteiger partial charge on any atom is 0.0542 e. The normalized spacial score (nSPS) is 12.1. The number of aryl methyl sites for hydroxylation is 2. The van der Waals surface area contributed by atoms with Crippen LogP contribution in [0.3, 0.4) is 0 Å². The van der Waals surface area contributed by atoms with Crippen LogP contribution in [0.25, 0.3) is 99.5 Å². The predicted molar refractivity (Wildman–Crippen MR) is 225 cm³/mol. The lowest BCUT2D eigenvalue weighted by molar-refractivity contribution is 1.14. The number of aromatic nitrogens is 2. The number of hydrogen-bond acceptors (Lipinski definition) is 0. The van der Waals surface area contributed by atoms with Gasteiger partial charge in [-0.2, -0.15) is 0 Å². The zero-order chi connectivity index (χ0) is 35.4. The Morgan fingerprint density at radius 2 is 0.811 bits per heavy atom. The van der Waals surface area contributed by atoms with Gasteiger partial charge in [-0.15, -0.1) is 0 Å². The molecular weight excluding hydrogens is 641 g/mol. The van der Waals surface area contributed by atoms with Crippen molar-refractivity contribution in [3.05, 3.63) is 180 Å². The number of benzene rings is 8. The molecule has 11 rings (SSSR count). The minimum Gasteiger partial charge on any atom is -0.309 e. The number of para-hydroxylation sites is 3. The van der Waals surface area contributed by atoms with E-state index in [0.717, 1.165) is 0 Å². The minimum absolute atomic E-state index is 1.17. The highest BCUT2D eigenvalue weighted by Gasteiger charge is 2.26. The second-order valence-corrected chi connectivity index (χ2v) is 14.6. The first kappa shape index (κ1) is 30.0. The quantitative estimate of drug-likeness (QED) is 0.172. The third-order valence-electron chi connectivity index (χ3n) is 11.8. The van der Waals surface area contributed by atoms with Crippen LogP contribution in [0.2, 0.25) is 0 Å². The minimum atomic E-state index is 1.17. The summed E-state index contributed by atoms with van der Waals surface area (Å²) in [6, 6.07) is 60.8. The zero-order valence-corrected chi connectivity index (χ0v) is 30.0. The average Bonchev–Trinajstić information content (AvgIpc) is 3.71. The average molecular weight is 677 g/mol. The first-order valence-electron chi connectivity index (χ1n) is 18.5. The van der Waals surface area contributed by atoms with Crippen molar-refractivity contribution in [3.63, 3.8) is 0 Å². The first-order chi connectivity index (χ1) is 26.1. The SMILES string of the molecule is Cc1cc2c(cc1-n1c3ccccc3c3cc(-n4c5ccccc5c5ccccc54)ccc31)-c1c(ccc(C)c1C)-c1ccccc1-c1ccccc1-2. The third kappa shape index (κ3) is 4.21. The fourth-order valence-electron chi connectivity index (χ4n) is 9.22. The molecule has 0 bridgehead atoms. The molecule has 0 N–H and O–H groups in total. The van der Waals surface area contributed by atoms with Crippen LogP contribution in [0.5, 0.6) is 0 Å². The zero-order valence-electron chi connectivity index (χ0n) is 30.0. The van der Waals surface area contributed by atoms with Crippen molar-refractivity contribution < 1.29 is 0 Å². The molecular formula is C51H36N2. The Hall–Kier alpha value is -6.64. The summed E-state index contributed by atoms with van der Waals surface area (Å²) in [5.74, 6) is 0. The fourth-order valence-corrected chi connectivity index (χ4v) is 9.22. The lowest BCUT2D eigenvalue weighted by Crippen LogP contribution is -2.03. The largest absolute Gasteiger partial charge is 0.309 e. The van der Waals surface area contributed by atoms with Crippen LogP contribution in [-0.4, -0.2) is 9.13 Å². The highest BCUT2D eigenvalue weighted by molar-refractivity contribution is 6.13. The Kier molecular flexibility index (Phi) is 6.33. The van der Waals surface area contributed by atoms with E-state index in [1.54, 1.807) is 0 Å². The van der Waals surface area contributed by atoms with Gasteiger partial charge in [-0.05, 0) is 131 Å². The first-order valence-corrected chi connectivity index (χ1v) is 18.5. The van der Waals surface area contributed by atoms with Crippen LogP contribution in [0, 0.1) is 20.8 Å². The number of fused-ring (bicyclic) bond motifs is 14. The molecule has 0 saturated carbocycles. The van der Waals surface area contributed by atoms with Gasteiger partial charge in [0, 0.05) is 32.9 Å². The molecule has 250 valence electrons. The van der Waals surface area contributed by atoms with Crippen molar-refractivity contribution >= 4 is 43.6 Å². The van der Waals surface area contributed by atoms with Gasteiger partial charge in [-0.3, -0.25) is 0 Å². The lowest BCUT2D eigenvalue weighted by Gasteiger charge is -2.26. The van der Waals surface area contributed by atoms with E-state index in [4.69, 9.17) is 0 Å². The summed E-state index contributed by atoms with van der Waals surface area (Å²) < 4.78 is 4.92. The highest BCUT2D eigenvalue weighted by Crippen LogP contribution is 2.50.